The molecule has 0 aromatic heterocycles. The number of hydrogen-bond acceptors (Lipinski definition) is 3. The summed E-state index contributed by atoms with van der Waals surface area (Å²) < 4.78 is 5.20. The Kier molecular flexibility index (Phi) is 3.34. The Bertz CT molecular complexity index is 337. The third-order valence-corrected chi connectivity index (χ3v) is 1.90. The number of anilines is 1. The van der Waals surface area contributed by atoms with E-state index in [-0.39, 0.29) is 12.5 Å². The first kappa shape index (κ1) is 10.4. The lowest BCUT2D eigenvalue weighted by Crippen LogP contribution is -2.24. The number of aryl methyl sites for hydroxylation is 1. The second-order valence-electron chi connectivity index (χ2n) is 2.98. The van der Waals surface area contributed by atoms with Gasteiger partial charge in [-0.25, -0.2) is 0 Å². The van der Waals surface area contributed by atoms with Crippen LogP contribution in [-0.2, 0) is 4.79 Å². The molecule has 1 aromatic rings. The van der Waals surface area contributed by atoms with Gasteiger partial charge in [0.1, 0.15) is 5.75 Å². The SMILES string of the molecule is CNC(=O)COc1ccc(C)c(N)c1. The maximum absolute atomic E-state index is 10.9. The summed E-state index contributed by atoms with van der Waals surface area (Å²) in [5.74, 6) is 0.445. The van der Waals surface area contributed by atoms with Crippen LogP contribution in [-0.4, -0.2) is 19.6 Å². The summed E-state index contributed by atoms with van der Waals surface area (Å²) >= 11 is 0. The first-order chi connectivity index (χ1) is 6.63. The second-order valence-corrected chi connectivity index (χ2v) is 2.98. The number of hydrogen-bond donors (Lipinski definition) is 2. The number of carbonyl (C=O) groups is 1. The fourth-order valence-corrected chi connectivity index (χ4v) is 0.929. The van der Waals surface area contributed by atoms with Gasteiger partial charge in [0.2, 0.25) is 0 Å². The molecular weight excluding hydrogens is 180 g/mol. The van der Waals surface area contributed by atoms with Crippen molar-refractivity contribution in [2.24, 2.45) is 0 Å². The summed E-state index contributed by atoms with van der Waals surface area (Å²) in [7, 11) is 1.56. The number of nitrogens with one attached hydrogen (secondary N) is 1. The Hall–Kier alpha value is -1.71. The van der Waals surface area contributed by atoms with Gasteiger partial charge in [-0.15, -0.1) is 0 Å². The first-order valence-corrected chi connectivity index (χ1v) is 4.33. The number of amides is 1. The lowest BCUT2D eigenvalue weighted by atomic mass is 10.2. The summed E-state index contributed by atoms with van der Waals surface area (Å²) in [6, 6.07) is 5.35. The molecule has 0 radical (unpaired) electrons. The van der Waals surface area contributed by atoms with Gasteiger partial charge < -0.3 is 15.8 Å². The van der Waals surface area contributed by atoms with Crippen LogP contribution in [0.3, 0.4) is 0 Å². The molecule has 0 atom stereocenters. The fraction of sp³-hybridized carbons (Fsp3) is 0.300. The van der Waals surface area contributed by atoms with Crippen LogP contribution < -0.4 is 15.8 Å². The van der Waals surface area contributed by atoms with Crippen LogP contribution in [0, 0.1) is 6.92 Å². The van der Waals surface area contributed by atoms with E-state index in [4.69, 9.17) is 10.5 Å². The molecule has 4 nitrogen and oxygen atoms in total. The predicted molar refractivity (Wildman–Crippen MR) is 55.2 cm³/mol. The Morgan fingerprint density at radius 2 is 2.29 bits per heavy atom. The summed E-state index contributed by atoms with van der Waals surface area (Å²) in [5.41, 5.74) is 7.34. The van der Waals surface area contributed by atoms with E-state index in [0.29, 0.717) is 11.4 Å². The lowest BCUT2D eigenvalue weighted by molar-refractivity contribution is -0.122. The van der Waals surface area contributed by atoms with Crippen molar-refractivity contribution in [1.29, 1.82) is 0 Å². The van der Waals surface area contributed by atoms with Crippen molar-refractivity contribution < 1.29 is 9.53 Å². The van der Waals surface area contributed by atoms with E-state index in [9.17, 15) is 4.79 Å². The molecule has 0 fully saturated rings. The normalized spacial score (nSPS) is 9.57. The maximum Gasteiger partial charge on any atom is 0.257 e. The third-order valence-electron chi connectivity index (χ3n) is 1.90. The van der Waals surface area contributed by atoms with Crippen LogP contribution in [0.1, 0.15) is 5.56 Å². The van der Waals surface area contributed by atoms with E-state index >= 15 is 0 Å². The minimum Gasteiger partial charge on any atom is -0.484 e. The highest BCUT2D eigenvalue weighted by Gasteiger charge is 2.01. The highest BCUT2D eigenvalue weighted by Crippen LogP contribution is 2.18. The van der Waals surface area contributed by atoms with Gasteiger partial charge in [-0.1, -0.05) is 6.07 Å². The average molecular weight is 194 g/mol. The average Bonchev–Trinajstić information content (AvgIpc) is 2.19. The molecular formula is C10H14N2O2. The Balaban J connectivity index is 2.60. The topological polar surface area (TPSA) is 64.3 Å². The third kappa shape index (κ3) is 2.65. The van der Waals surface area contributed by atoms with Crippen LogP contribution >= 0.6 is 0 Å². The quantitative estimate of drug-likeness (QED) is 0.696. The van der Waals surface area contributed by atoms with E-state index in [1.807, 2.05) is 13.0 Å². The maximum atomic E-state index is 10.9. The van der Waals surface area contributed by atoms with E-state index in [1.165, 1.54) is 0 Å². The van der Waals surface area contributed by atoms with Gasteiger partial charge in [0.25, 0.3) is 5.91 Å². The number of nitrogen functional groups attached to an aromatic ring is 1. The molecule has 4 heteroatoms. The molecule has 14 heavy (non-hydrogen) atoms. The number of rotatable bonds is 3. The van der Waals surface area contributed by atoms with Crippen LogP contribution in [0.4, 0.5) is 5.69 Å². The Morgan fingerprint density at radius 3 is 2.86 bits per heavy atom. The lowest BCUT2D eigenvalue weighted by Gasteiger charge is -2.06. The fourth-order valence-electron chi connectivity index (χ4n) is 0.929. The largest absolute Gasteiger partial charge is 0.484 e. The van der Waals surface area contributed by atoms with Crippen LogP contribution in [0.2, 0.25) is 0 Å². The van der Waals surface area contributed by atoms with Crippen molar-refractivity contribution in [2.45, 2.75) is 6.92 Å². The molecule has 0 bridgehead atoms. The molecule has 0 heterocycles. The number of benzene rings is 1. The number of ether oxygens (including phenoxy) is 1. The molecule has 0 saturated heterocycles. The van der Waals surface area contributed by atoms with Crippen molar-refractivity contribution >= 4 is 11.6 Å². The number of likely N-dealkylation sites (N-methyl/N-ethyl adjacent to an activating group) is 1. The zero-order valence-electron chi connectivity index (χ0n) is 8.33. The van der Waals surface area contributed by atoms with Crippen molar-refractivity contribution in [1.82, 2.24) is 5.32 Å². The van der Waals surface area contributed by atoms with Gasteiger partial charge in [0.05, 0.1) is 0 Å². The van der Waals surface area contributed by atoms with Crippen LogP contribution in [0.15, 0.2) is 18.2 Å². The van der Waals surface area contributed by atoms with Gasteiger partial charge >= 0.3 is 0 Å². The summed E-state index contributed by atoms with van der Waals surface area (Å²) in [4.78, 5) is 10.9. The molecule has 0 aliphatic carbocycles. The van der Waals surface area contributed by atoms with Gasteiger partial charge in [-0.05, 0) is 18.6 Å². The Labute approximate surface area is 83.1 Å². The summed E-state index contributed by atoms with van der Waals surface area (Å²) in [6.45, 7) is 1.93. The molecule has 0 unspecified atom stereocenters. The summed E-state index contributed by atoms with van der Waals surface area (Å²) in [6.07, 6.45) is 0. The van der Waals surface area contributed by atoms with E-state index in [0.717, 1.165) is 5.56 Å². The van der Waals surface area contributed by atoms with Gasteiger partial charge in [0, 0.05) is 18.8 Å². The smallest absolute Gasteiger partial charge is 0.257 e. The van der Waals surface area contributed by atoms with Crippen LogP contribution in [0.25, 0.3) is 0 Å². The van der Waals surface area contributed by atoms with Crippen molar-refractivity contribution in [3.8, 4) is 5.75 Å². The monoisotopic (exact) mass is 194 g/mol. The molecule has 0 aliphatic heterocycles. The Morgan fingerprint density at radius 1 is 1.57 bits per heavy atom. The molecule has 1 aromatic carbocycles. The molecule has 0 aliphatic rings. The molecule has 0 saturated carbocycles. The molecule has 3 N–H and O–H groups in total. The first-order valence-electron chi connectivity index (χ1n) is 4.33. The van der Waals surface area contributed by atoms with Gasteiger partial charge in [0.15, 0.2) is 6.61 Å². The van der Waals surface area contributed by atoms with Gasteiger partial charge in [-0.2, -0.15) is 0 Å². The highest BCUT2D eigenvalue weighted by molar-refractivity contribution is 5.77. The molecule has 1 amide bonds. The molecule has 0 spiro atoms. The number of carbonyl (C=O) groups excluding carboxylic acids is 1. The minimum atomic E-state index is -0.163. The number of nitrogens with two attached hydrogens (primary N) is 1. The van der Waals surface area contributed by atoms with Crippen molar-refractivity contribution in [3.63, 3.8) is 0 Å². The van der Waals surface area contributed by atoms with Crippen molar-refractivity contribution in [2.75, 3.05) is 19.4 Å². The highest BCUT2D eigenvalue weighted by atomic mass is 16.5. The van der Waals surface area contributed by atoms with Gasteiger partial charge in [-0.3, -0.25) is 4.79 Å². The molecule has 76 valence electrons. The standard InChI is InChI=1S/C10H14N2O2/c1-7-3-4-8(5-9(7)11)14-6-10(13)12-2/h3-5H,6,11H2,1-2H3,(H,12,13). The van der Waals surface area contributed by atoms with E-state index in [1.54, 1.807) is 19.2 Å². The second kappa shape index (κ2) is 4.50. The predicted octanol–water partition coefficient (Wildman–Crippen LogP) is 0.702. The van der Waals surface area contributed by atoms with Crippen molar-refractivity contribution in [3.05, 3.63) is 23.8 Å². The van der Waals surface area contributed by atoms with Crippen LogP contribution in [0.5, 0.6) is 5.75 Å². The zero-order valence-corrected chi connectivity index (χ0v) is 8.33. The zero-order chi connectivity index (χ0) is 10.6. The molecule has 1 rings (SSSR count). The summed E-state index contributed by atoms with van der Waals surface area (Å²) in [5, 5.41) is 2.47. The van der Waals surface area contributed by atoms with E-state index in [2.05, 4.69) is 5.32 Å². The van der Waals surface area contributed by atoms with E-state index < -0.39 is 0 Å². The minimum absolute atomic E-state index is 0.0129.